The number of amides is 3. The van der Waals surface area contributed by atoms with Gasteiger partial charge in [-0.2, -0.15) is 0 Å². The van der Waals surface area contributed by atoms with Crippen molar-refractivity contribution in [1.29, 1.82) is 0 Å². The molecule has 1 fully saturated rings. The molecule has 0 aromatic rings. The maximum Gasteiger partial charge on any atom is 0.321 e. The number of ether oxygens (including phenoxy) is 1. The summed E-state index contributed by atoms with van der Waals surface area (Å²) < 4.78 is 4.84. The summed E-state index contributed by atoms with van der Waals surface area (Å²) >= 11 is 0. The maximum absolute atomic E-state index is 11.5. The minimum Gasteiger partial charge on any atom is -0.501 e. The largest absolute Gasteiger partial charge is 0.501 e. The second-order valence-corrected chi connectivity index (χ2v) is 4.61. The molecule has 3 amide bonds. The number of aliphatic carboxylic acids is 1. The van der Waals surface area contributed by atoms with Crippen molar-refractivity contribution >= 4 is 17.9 Å². The van der Waals surface area contributed by atoms with Crippen molar-refractivity contribution in [3.8, 4) is 0 Å². The molecule has 7 nitrogen and oxygen atoms in total. The molecule has 3 N–H and O–H groups in total. The molecule has 0 aliphatic heterocycles. The number of imide groups is 1. The second kappa shape index (κ2) is 8.19. The Balaban J connectivity index is 2.26. The molecule has 7 heteroatoms. The lowest BCUT2D eigenvalue weighted by Crippen LogP contribution is -2.45. The van der Waals surface area contributed by atoms with Crippen molar-refractivity contribution in [2.75, 3.05) is 6.61 Å². The van der Waals surface area contributed by atoms with E-state index in [1.807, 2.05) is 0 Å². The van der Waals surface area contributed by atoms with Gasteiger partial charge in [0.1, 0.15) is 0 Å². The Kier molecular flexibility index (Phi) is 6.55. The fourth-order valence-corrected chi connectivity index (χ4v) is 2.07. The van der Waals surface area contributed by atoms with Gasteiger partial charge in [-0.25, -0.2) is 4.79 Å². The van der Waals surface area contributed by atoms with Gasteiger partial charge in [0, 0.05) is 12.1 Å². The van der Waals surface area contributed by atoms with Crippen LogP contribution >= 0.6 is 0 Å². The first-order chi connectivity index (χ1) is 9.52. The summed E-state index contributed by atoms with van der Waals surface area (Å²) in [6.45, 7) is 2.23. The molecule has 0 aromatic carbocycles. The molecule has 1 rings (SSSR count). The third kappa shape index (κ3) is 5.73. The van der Waals surface area contributed by atoms with Gasteiger partial charge in [0.25, 0.3) is 5.91 Å². The summed E-state index contributed by atoms with van der Waals surface area (Å²) in [7, 11) is 0. The predicted molar refractivity (Wildman–Crippen MR) is 70.8 cm³/mol. The highest BCUT2D eigenvalue weighted by Gasteiger charge is 2.26. The molecule has 1 aliphatic rings. The Hall–Kier alpha value is -2.05. The van der Waals surface area contributed by atoms with Crippen molar-refractivity contribution in [2.24, 2.45) is 5.92 Å². The van der Waals surface area contributed by atoms with Gasteiger partial charge >= 0.3 is 12.0 Å². The molecule has 0 bridgehead atoms. The van der Waals surface area contributed by atoms with Gasteiger partial charge in [0.15, 0.2) is 0 Å². The summed E-state index contributed by atoms with van der Waals surface area (Å²) in [6.07, 6.45) is 4.64. The second-order valence-electron chi connectivity index (χ2n) is 4.61. The molecule has 1 aliphatic carbocycles. The highest BCUT2D eigenvalue weighted by atomic mass is 16.5. The van der Waals surface area contributed by atoms with Crippen LogP contribution in [-0.2, 0) is 14.3 Å². The van der Waals surface area contributed by atoms with Crippen LogP contribution in [0.4, 0.5) is 4.79 Å². The zero-order valence-corrected chi connectivity index (χ0v) is 11.4. The van der Waals surface area contributed by atoms with E-state index < -0.39 is 17.9 Å². The van der Waals surface area contributed by atoms with Gasteiger partial charge in [-0.05, 0) is 32.6 Å². The summed E-state index contributed by atoms with van der Waals surface area (Å²) in [6, 6.07) is -0.663. The van der Waals surface area contributed by atoms with E-state index in [0.29, 0.717) is 32.3 Å². The lowest BCUT2D eigenvalue weighted by Gasteiger charge is -2.26. The first-order valence-corrected chi connectivity index (χ1v) is 6.65. The van der Waals surface area contributed by atoms with Crippen molar-refractivity contribution in [3.05, 3.63) is 12.3 Å². The van der Waals surface area contributed by atoms with Gasteiger partial charge in [0.05, 0.1) is 18.8 Å². The van der Waals surface area contributed by atoms with Gasteiger partial charge < -0.3 is 15.2 Å². The monoisotopic (exact) mass is 284 g/mol. The zero-order valence-electron chi connectivity index (χ0n) is 11.4. The Labute approximate surface area is 117 Å². The van der Waals surface area contributed by atoms with Crippen LogP contribution in [0.3, 0.4) is 0 Å². The molecular weight excluding hydrogens is 264 g/mol. The number of hydrogen-bond acceptors (Lipinski definition) is 4. The van der Waals surface area contributed by atoms with E-state index in [0.717, 1.165) is 6.08 Å². The van der Waals surface area contributed by atoms with E-state index in [1.54, 1.807) is 6.92 Å². The van der Waals surface area contributed by atoms with E-state index in [9.17, 15) is 14.4 Å². The normalized spacial score (nSPS) is 22.2. The first kappa shape index (κ1) is 16.0. The molecule has 0 saturated heterocycles. The number of carboxylic acids is 1. The highest BCUT2D eigenvalue weighted by Crippen LogP contribution is 2.24. The van der Waals surface area contributed by atoms with E-state index in [-0.39, 0.29) is 12.0 Å². The average Bonchev–Trinajstić information content (AvgIpc) is 2.39. The van der Waals surface area contributed by atoms with E-state index in [4.69, 9.17) is 9.84 Å². The molecule has 0 atom stereocenters. The van der Waals surface area contributed by atoms with Crippen molar-refractivity contribution < 1.29 is 24.2 Å². The lowest BCUT2D eigenvalue weighted by molar-refractivity contribution is -0.142. The summed E-state index contributed by atoms with van der Waals surface area (Å²) in [5, 5.41) is 13.7. The van der Waals surface area contributed by atoms with Gasteiger partial charge in [-0.3, -0.25) is 14.9 Å². The molecule has 0 radical (unpaired) electrons. The summed E-state index contributed by atoms with van der Waals surface area (Å²) in [4.78, 5) is 33.6. The molecule has 0 unspecified atom stereocenters. The fraction of sp³-hybridized carbons (Fsp3) is 0.615. The van der Waals surface area contributed by atoms with Gasteiger partial charge in [0.2, 0.25) is 0 Å². The molecule has 1 saturated carbocycles. The number of urea groups is 1. The standard InChI is InChI=1S/C13H20N2O5/c1-2-20-8-7-11(16)15-13(19)14-10-5-3-9(4-6-10)12(17)18/h7-10H,2-6H2,1H3,(H,17,18)(H2,14,15,16,19)/b8-7+. The summed E-state index contributed by atoms with van der Waals surface area (Å²) in [5.41, 5.74) is 0. The quantitative estimate of drug-likeness (QED) is 0.516. The van der Waals surface area contributed by atoms with Crippen LogP contribution in [-0.4, -0.2) is 35.7 Å². The highest BCUT2D eigenvalue weighted by molar-refractivity contribution is 6.00. The SMILES string of the molecule is CCO/C=C/C(=O)NC(=O)NC1CCC(C(=O)O)CC1. The Morgan fingerprint density at radius 2 is 1.90 bits per heavy atom. The van der Waals surface area contributed by atoms with Crippen LogP contribution in [0, 0.1) is 5.92 Å². The van der Waals surface area contributed by atoms with Crippen LogP contribution in [0.5, 0.6) is 0 Å². The first-order valence-electron chi connectivity index (χ1n) is 6.65. The molecule has 0 spiro atoms. The molecular formula is C13H20N2O5. The zero-order chi connectivity index (χ0) is 15.0. The fourth-order valence-electron chi connectivity index (χ4n) is 2.07. The third-order valence-corrected chi connectivity index (χ3v) is 3.13. The van der Waals surface area contributed by atoms with Crippen LogP contribution in [0.1, 0.15) is 32.6 Å². The van der Waals surface area contributed by atoms with E-state index in [2.05, 4.69) is 10.6 Å². The summed E-state index contributed by atoms with van der Waals surface area (Å²) in [5.74, 6) is -1.67. The smallest absolute Gasteiger partial charge is 0.321 e. The van der Waals surface area contributed by atoms with Gasteiger partial charge in [-0.1, -0.05) is 0 Å². The minimum absolute atomic E-state index is 0.0886. The minimum atomic E-state index is -0.788. The molecule has 0 aromatic heterocycles. The van der Waals surface area contributed by atoms with Crippen LogP contribution in [0.25, 0.3) is 0 Å². The number of nitrogens with one attached hydrogen (secondary N) is 2. The predicted octanol–water partition coefficient (Wildman–Crippen LogP) is 1.01. The average molecular weight is 284 g/mol. The number of hydrogen-bond donors (Lipinski definition) is 3. The Morgan fingerprint density at radius 3 is 2.45 bits per heavy atom. The number of carboxylic acid groups (broad SMARTS) is 1. The Morgan fingerprint density at radius 1 is 1.25 bits per heavy atom. The van der Waals surface area contributed by atoms with Crippen LogP contribution < -0.4 is 10.6 Å². The van der Waals surface area contributed by atoms with E-state index in [1.165, 1.54) is 6.26 Å². The number of rotatable bonds is 5. The van der Waals surface area contributed by atoms with Crippen molar-refractivity contribution in [3.63, 3.8) is 0 Å². The van der Waals surface area contributed by atoms with Crippen molar-refractivity contribution in [1.82, 2.24) is 10.6 Å². The van der Waals surface area contributed by atoms with E-state index >= 15 is 0 Å². The van der Waals surface area contributed by atoms with Crippen molar-refractivity contribution in [2.45, 2.75) is 38.6 Å². The molecule has 112 valence electrons. The van der Waals surface area contributed by atoms with Crippen LogP contribution in [0.2, 0.25) is 0 Å². The molecule has 0 heterocycles. The number of carbonyl (C=O) groups is 3. The number of carbonyl (C=O) groups excluding carboxylic acids is 2. The Bertz CT molecular complexity index is 386. The van der Waals surface area contributed by atoms with Crippen LogP contribution in [0.15, 0.2) is 12.3 Å². The topological polar surface area (TPSA) is 105 Å². The maximum atomic E-state index is 11.5. The molecule has 20 heavy (non-hydrogen) atoms. The third-order valence-electron chi connectivity index (χ3n) is 3.13. The van der Waals surface area contributed by atoms with Gasteiger partial charge in [-0.15, -0.1) is 0 Å². The lowest BCUT2D eigenvalue weighted by atomic mass is 9.86.